The molecule has 5 rings (SSSR count). The van der Waals surface area contributed by atoms with Crippen molar-refractivity contribution < 1.29 is 21.0 Å². The Kier molecular flexibility index (Phi) is 9.13. The molecule has 0 aromatic heterocycles. The number of anilines is 3. The molecule has 0 N–H and O–H groups in total. The number of para-hydroxylation sites is 1. The average molecular weight is 686 g/mol. The zero-order valence-corrected chi connectivity index (χ0v) is 28.0. The van der Waals surface area contributed by atoms with Crippen molar-refractivity contribution in [3.05, 3.63) is 123 Å². The van der Waals surface area contributed by atoms with E-state index in [1.54, 1.807) is 17.0 Å². The molecule has 0 saturated carbocycles. The van der Waals surface area contributed by atoms with Crippen molar-refractivity contribution in [2.75, 3.05) is 27.8 Å². The van der Waals surface area contributed by atoms with Gasteiger partial charge in [-0.25, -0.2) is 0 Å². The summed E-state index contributed by atoms with van der Waals surface area (Å²) in [5.74, 6) is -0.242. The first-order valence-corrected chi connectivity index (χ1v) is 16.4. The summed E-state index contributed by atoms with van der Waals surface area (Å²) in [4.78, 5) is 20.6. The minimum atomic E-state index is -0.778. The van der Waals surface area contributed by atoms with Gasteiger partial charge in [0.25, 0.3) is 0 Å². The van der Waals surface area contributed by atoms with Gasteiger partial charge in [0.1, 0.15) is 0 Å². The van der Waals surface area contributed by atoms with E-state index in [9.17, 15) is 4.79 Å². The fraction of sp³-hybridized carbons (Fsp3) is 0.229. The van der Waals surface area contributed by atoms with Crippen LogP contribution in [0.4, 0.5) is 17.1 Å². The van der Waals surface area contributed by atoms with Gasteiger partial charge < -0.3 is 0 Å². The Morgan fingerprint density at radius 3 is 1.64 bits per heavy atom. The van der Waals surface area contributed by atoms with E-state index in [1.807, 2.05) is 42.5 Å². The van der Waals surface area contributed by atoms with E-state index in [-0.39, 0.29) is 5.91 Å². The van der Waals surface area contributed by atoms with Crippen LogP contribution in [0.15, 0.2) is 78.9 Å². The molecule has 0 spiro atoms. The Morgan fingerprint density at radius 2 is 1.17 bits per heavy atom. The number of hydrogen-bond acceptors (Lipinski definition) is 3. The molecule has 7 heteroatoms. The van der Waals surface area contributed by atoms with Gasteiger partial charge in [0.15, 0.2) is 0 Å². The minimum absolute atomic E-state index is 0.242. The molecule has 218 valence electrons. The van der Waals surface area contributed by atoms with E-state index in [0.29, 0.717) is 20.0 Å². The Hall–Kier alpha value is -3.11. The summed E-state index contributed by atoms with van der Waals surface area (Å²) in [6.45, 7) is 14.6. The molecule has 0 unspecified atom stereocenters. The molecule has 1 aliphatic rings. The van der Waals surface area contributed by atoms with Crippen LogP contribution in [0.5, 0.6) is 0 Å². The standard InChI is InChI=1S/C21H26N2.C14H9Cl2NO.Ru/c1-14-9-16(3)20(17(4)10-14)22-7-8-23(13-22)21-18(5)11-15(2)12-19(21)6;15-10-17(11-6-2-1-3-7-11)14(18)12-8-4-5-9-13(12)16;/h9-12H,7-8H2,1-6H3;1-9H;. The van der Waals surface area contributed by atoms with E-state index in [1.165, 1.54) is 44.8 Å². The van der Waals surface area contributed by atoms with Crippen LogP contribution in [0, 0.1) is 41.5 Å². The zero-order valence-electron chi connectivity index (χ0n) is 24.8. The number of carbonyl (C=O) groups excluding carboxylic acids is 1. The van der Waals surface area contributed by atoms with Crippen LogP contribution in [0.3, 0.4) is 0 Å². The first-order valence-electron chi connectivity index (χ1n) is 13.9. The SMILES string of the molecule is Cc1cc(C)c(N2CCN(c3c(C)cc(C)cc3C)[C]2=[Ru]=[C](Cl)N(C(=O)c2ccccc2Cl)c2ccccc2)c(C)c1. The maximum atomic E-state index is 14.1. The van der Waals surface area contributed by atoms with Gasteiger partial charge >= 0.3 is 267 Å². The number of halogens is 2. The molecule has 42 heavy (non-hydrogen) atoms. The third kappa shape index (κ3) is 6.02. The second-order valence-electron chi connectivity index (χ2n) is 10.8. The monoisotopic (exact) mass is 685 g/mol. The van der Waals surface area contributed by atoms with Crippen molar-refractivity contribution in [3.8, 4) is 0 Å². The van der Waals surface area contributed by atoms with Crippen molar-refractivity contribution in [2.24, 2.45) is 0 Å². The number of carbonyl (C=O) groups is 1. The Labute approximate surface area is 266 Å². The fourth-order valence-electron chi connectivity index (χ4n) is 5.94. The summed E-state index contributed by atoms with van der Waals surface area (Å²) >= 11 is 13.1. The predicted octanol–water partition coefficient (Wildman–Crippen LogP) is 8.36. The molecule has 4 nitrogen and oxygen atoms in total. The molecule has 1 fully saturated rings. The maximum absolute atomic E-state index is 14.1. The van der Waals surface area contributed by atoms with Gasteiger partial charge in [-0.1, -0.05) is 0 Å². The number of amides is 1. The summed E-state index contributed by atoms with van der Waals surface area (Å²) in [5.41, 5.74) is 11.0. The Morgan fingerprint density at radius 1 is 0.714 bits per heavy atom. The summed E-state index contributed by atoms with van der Waals surface area (Å²) in [6, 6.07) is 25.7. The van der Waals surface area contributed by atoms with Crippen LogP contribution in [-0.2, 0) is 16.2 Å². The van der Waals surface area contributed by atoms with Crippen molar-refractivity contribution in [3.63, 3.8) is 0 Å². The van der Waals surface area contributed by atoms with Gasteiger partial charge in [-0.15, -0.1) is 0 Å². The van der Waals surface area contributed by atoms with Gasteiger partial charge in [-0.05, 0) is 0 Å². The number of nitrogens with zero attached hydrogens (tertiary/aromatic N) is 3. The van der Waals surface area contributed by atoms with Crippen LogP contribution >= 0.6 is 23.2 Å². The normalized spacial score (nSPS) is 13.1. The van der Waals surface area contributed by atoms with Gasteiger partial charge in [-0.2, -0.15) is 0 Å². The van der Waals surface area contributed by atoms with Crippen molar-refractivity contribution in [1.82, 2.24) is 0 Å². The van der Waals surface area contributed by atoms with E-state index >= 15 is 0 Å². The van der Waals surface area contributed by atoms with Gasteiger partial charge in [0.2, 0.25) is 0 Å². The van der Waals surface area contributed by atoms with E-state index < -0.39 is 16.2 Å². The van der Waals surface area contributed by atoms with Crippen molar-refractivity contribution in [2.45, 2.75) is 41.5 Å². The van der Waals surface area contributed by atoms with E-state index in [4.69, 9.17) is 23.2 Å². The molecule has 0 aliphatic carbocycles. The molecule has 0 bridgehead atoms. The van der Waals surface area contributed by atoms with Crippen LogP contribution in [0.1, 0.15) is 43.7 Å². The number of aryl methyl sites for hydroxylation is 6. The molecule has 1 aliphatic heterocycles. The van der Waals surface area contributed by atoms with Gasteiger partial charge in [-0.3, -0.25) is 0 Å². The first-order chi connectivity index (χ1) is 20.1. The first kappa shape index (κ1) is 30.4. The zero-order chi connectivity index (χ0) is 30.1. The summed E-state index contributed by atoms with van der Waals surface area (Å²) < 4.78 is 1.63. The Bertz CT molecular complexity index is 1630. The molecule has 4 aromatic carbocycles. The van der Waals surface area contributed by atoms with E-state index in [0.717, 1.165) is 17.4 Å². The van der Waals surface area contributed by atoms with Crippen molar-refractivity contribution >= 4 is 54.2 Å². The van der Waals surface area contributed by atoms with Crippen LogP contribution in [0.2, 0.25) is 5.02 Å². The summed E-state index contributed by atoms with van der Waals surface area (Å²) in [5, 5.41) is 0.400. The molecular weight excluding hydrogens is 650 g/mol. The second kappa shape index (κ2) is 12.6. The molecule has 0 radical (unpaired) electrons. The molecule has 1 heterocycles. The number of rotatable bonds is 5. The van der Waals surface area contributed by atoms with Gasteiger partial charge in [0.05, 0.1) is 0 Å². The topological polar surface area (TPSA) is 26.8 Å². The van der Waals surface area contributed by atoms with Crippen LogP contribution < -0.4 is 14.7 Å². The van der Waals surface area contributed by atoms with Crippen LogP contribution in [0.25, 0.3) is 0 Å². The summed E-state index contributed by atoms with van der Waals surface area (Å²) in [6.07, 6.45) is 0. The third-order valence-electron chi connectivity index (χ3n) is 7.43. The molecule has 1 saturated heterocycles. The molecule has 1 amide bonds. The summed E-state index contributed by atoms with van der Waals surface area (Å²) in [7, 11) is 0. The molecule has 0 atom stereocenters. The van der Waals surface area contributed by atoms with E-state index in [2.05, 4.69) is 75.6 Å². The average Bonchev–Trinajstić information content (AvgIpc) is 3.30. The third-order valence-corrected chi connectivity index (χ3v) is 10.4. The number of benzene rings is 4. The second-order valence-corrected chi connectivity index (χ2v) is 14.1. The fourth-order valence-corrected chi connectivity index (χ4v) is 8.85. The molecular formula is C35H35Cl2N3ORu. The predicted molar refractivity (Wildman–Crippen MR) is 177 cm³/mol. The van der Waals surface area contributed by atoms with Gasteiger partial charge in [0, 0.05) is 0 Å². The molecule has 4 aromatic rings. The van der Waals surface area contributed by atoms with Crippen molar-refractivity contribution in [1.29, 1.82) is 0 Å². The number of hydrogen-bond donors (Lipinski definition) is 0. The van der Waals surface area contributed by atoms with Crippen LogP contribution in [-0.4, -0.2) is 27.0 Å². The Balaban J connectivity index is 1.77. The quantitative estimate of drug-likeness (QED) is 0.156.